The number of methoxy groups -OCH3 is 3. The number of rotatable bonds is 7. The first-order chi connectivity index (χ1) is 12.0. The smallest absolute Gasteiger partial charge is 0.306 e. The second-order valence-electron chi connectivity index (χ2n) is 6.10. The zero-order valence-electron chi connectivity index (χ0n) is 14.8. The minimum atomic E-state index is -0.770. The number of amides is 1. The van der Waals surface area contributed by atoms with Gasteiger partial charge in [-0.1, -0.05) is 0 Å². The van der Waals surface area contributed by atoms with Gasteiger partial charge in [0, 0.05) is 18.0 Å². The number of carbonyl (C=O) groups is 2. The van der Waals surface area contributed by atoms with Gasteiger partial charge in [-0.3, -0.25) is 9.59 Å². The molecule has 1 amide bonds. The summed E-state index contributed by atoms with van der Waals surface area (Å²) in [6.07, 6.45) is 2.30. The Morgan fingerprint density at radius 1 is 1.00 bits per heavy atom. The van der Waals surface area contributed by atoms with Gasteiger partial charge in [0.15, 0.2) is 11.5 Å². The van der Waals surface area contributed by atoms with E-state index in [9.17, 15) is 9.59 Å². The minimum absolute atomic E-state index is 0.0549. The van der Waals surface area contributed by atoms with Crippen LogP contribution in [0.15, 0.2) is 12.1 Å². The van der Waals surface area contributed by atoms with Gasteiger partial charge in [0.1, 0.15) is 0 Å². The molecule has 2 rings (SSSR count). The SMILES string of the molecule is COc1ccc(CNC(=O)C2CCC(C(=O)O)CC2)c(OC)c1OC. The Balaban J connectivity index is 1.99. The van der Waals surface area contributed by atoms with Crippen LogP contribution in [0.5, 0.6) is 17.2 Å². The molecule has 2 N–H and O–H groups in total. The molecule has 138 valence electrons. The zero-order valence-corrected chi connectivity index (χ0v) is 14.8. The highest BCUT2D eigenvalue weighted by atomic mass is 16.5. The Labute approximate surface area is 147 Å². The number of carboxylic acids is 1. The van der Waals surface area contributed by atoms with E-state index < -0.39 is 5.97 Å². The molecule has 1 saturated carbocycles. The molecular weight excluding hydrogens is 326 g/mol. The standard InChI is InChI=1S/C18H25NO6/c1-23-14-9-8-13(15(24-2)16(14)25-3)10-19-17(20)11-4-6-12(7-5-11)18(21)22/h8-9,11-12H,4-7,10H2,1-3H3,(H,19,20)(H,21,22). The Hall–Kier alpha value is -2.44. The van der Waals surface area contributed by atoms with Crippen LogP contribution in [0, 0.1) is 11.8 Å². The molecule has 7 heteroatoms. The fourth-order valence-corrected chi connectivity index (χ4v) is 3.23. The van der Waals surface area contributed by atoms with Gasteiger partial charge < -0.3 is 24.6 Å². The lowest BCUT2D eigenvalue weighted by Gasteiger charge is -2.25. The lowest BCUT2D eigenvalue weighted by Crippen LogP contribution is -2.34. The maximum absolute atomic E-state index is 12.4. The van der Waals surface area contributed by atoms with E-state index in [2.05, 4.69) is 5.32 Å². The molecule has 0 saturated heterocycles. The second kappa shape index (κ2) is 8.60. The van der Waals surface area contributed by atoms with Crippen molar-refractivity contribution in [1.29, 1.82) is 0 Å². The molecular formula is C18H25NO6. The molecule has 0 heterocycles. The summed E-state index contributed by atoms with van der Waals surface area (Å²) in [5, 5.41) is 11.9. The molecule has 0 aromatic heterocycles. The van der Waals surface area contributed by atoms with E-state index in [1.807, 2.05) is 6.07 Å². The molecule has 1 aromatic rings. The van der Waals surface area contributed by atoms with E-state index >= 15 is 0 Å². The lowest BCUT2D eigenvalue weighted by molar-refractivity contribution is -0.144. The average molecular weight is 351 g/mol. The summed E-state index contributed by atoms with van der Waals surface area (Å²) in [4.78, 5) is 23.4. The molecule has 7 nitrogen and oxygen atoms in total. The summed E-state index contributed by atoms with van der Waals surface area (Å²) in [6.45, 7) is 0.307. The van der Waals surface area contributed by atoms with Crippen molar-refractivity contribution in [3.8, 4) is 17.2 Å². The number of hydrogen-bond acceptors (Lipinski definition) is 5. The van der Waals surface area contributed by atoms with Gasteiger partial charge in [-0.05, 0) is 37.8 Å². The van der Waals surface area contributed by atoms with Gasteiger partial charge in [0.25, 0.3) is 0 Å². The topological polar surface area (TPSA) is 94.1 Å². The predicted octanol–water partition coefficient (Wildman–Crippen LogP) is 2.22. The van der Waals surface area contributed by atoms with E-state index in [1.54, 1.807) is 13.2 Å². The van der Waals surface area contributed by atoms with Gasteiger partial charge in [-0.25, -0.2) is 0 Å². The monoisotopic (exact) mass is 351 g/mol. The van der Waals surface area contributed by atoms with Gasteiger partial charge >= 0.3 is 5.97 Å². The van der Waals surface area contributed by atoms with E-state index in [-0.39, 0.29) is 17.7 Å². The first-order valence-electron chi connectivity index (χ1n) is 8.30. The molecule has 1 aliphatic rings. The van der Waals surface area contributed by atoms with Crippen molar-refractivity contribution in [3.63, 3.8) is 0 Å². The lowest BCUT2D eigenvalue weighted by atomic mass is 9.81. The van der Waals surface area contributed by atoms with E-state index in [1.165, 1.54) is 14.2 Å². The number of benzene rings is 1. The Bertz CT molecular complexity index is 622. The number of nitrogens with one attached hydrogen (secondary N) is 1. The third kappa shape index (κ3) is 4.35. The van der Waals surface area contributed by atoms with Crippen LogP contribution in [0.25, 0.3) is 0 Å². The van der Waals surface area contributed by atoms with Crippen molar-refractivity contribution in [2.75, 3.05) is 21.3 Å². The van der Waals surface area contributed by atoms with Crippen LogP contribution in [-0.2, 0) is 16.1 Å². The molecule has 0 bridgehead atoms. The molecule has 25 heavy (non-hydrogen) atoms. The zero-order chi connectivity index (χ0) is 18.4. The molecule has 1 aliphatic carbocycles. The third-order valence-electron chi connectivity index (χ3n) is 4.69. The van der Waals surface area contributed by atoms with Gasteiger partial charge in [0.2, 0.25) is 11.7 Å². The number of hydrogen-bond donors (Lipinski definition) is 2. The van der Waals surface area contributed by atoms with Crippen molar-refractivity contribution in [1.82, 2.24) is 5.32 Å². The summed E-state index contributed by atoms with van der Waals surface area (Å²) < 4.78 is 16.0. The van der Waals surface area contributed by atoms with E-state index in [0.29, 0.717) is 49.5 Å². The fraction of sp³-hybridized carbons (Fsp3) is 0.556. The van der Waals surface area contributed by atoms with Gasteiger partial charge in [-0.15, -0.1) is 0 Å². The summed E-state index contributed by atoms with van der Waals surface area (Å²) in [5.74, 6) is 0.281. The molecule has 0 unspecified atom stereocenters. The van der Waals surface area contributed by atoms with Gasteiger partial charge in [-0.2, -0.15) is 0 Å². The quantitative estimate of drug-likeness (QED) is 0.782. The summed E-state index contributed by atoms with van der Waals surface area (Å²) in [6, 6.07) is 3.59. The van der Waals surface area contributed by atoms with Crippen LogP contribution in [-0.4, -0.2) is 38.3 Å². The number of ether oxygens (including phenoxy) is 3. The normalized spacial score (nSPS) is 19.8. The second-order valence-corrected chi connectivity index (χ2v) is 6.10. The van der Waals surface area contributed by atoms with Crippen molar-refractivity contribution in [2.24, 2.45) is 11.8 Å². The van der Waals surface area contributed by atoms with E-state index in [0.717, 1.165) is 5.56 Å². The highest BCUT2D eigenvalue weighted by molar-refractivity contribution is 5.79. The summed E-state index contributed by atoms with van der Waals surface area (Å²) >= 11 is 0. The third-order valence-corrected chi connectivity index (χ3v) is 4.69. The first kappa shape index (κ1) is 18.9. The average Bonchev–Trinajstić information content (AvgIpc) is 2.64. The number of carbonyl (C=O) groups excluding carboxylic acids is 1. The van der Waals surface area contributed by atoms with Crippen LogP contribution in [0.4, 0.5) is 0 Å². The number of aliphatic carboxylic acids is 1. The van der Waals surface area contributed by atoms with Crippen LogP contribution in [0.2, 0.25) is 0 Å². The Morgan fingerprint density at radius 2 is 1.60 bits per heavy atom. The first-order valence-corrected chi connectivity index (χ1v) is 8.30. The maximum Gasteiger partial charge on any atom is 0.306 e. The number of carboxylic acid groups (broad SMARTS) is 1. The van der Waals surface area contributed by atoms with Crippen molar-refractivity contribution < 1.29 is 28.9 Å². The van der Waals surface area contributed by atoms with Crippen LogP contribution in [0.3, 0.4) is 0 Å². The Morgan fingerprint density at radius 3 is 2.12 bits per heavy atom. The van der Waals surface area contributed by atoms with Crippen molar-refractivity contribution >= 4 is 11.9 Å². The summed E-state index contributed by atoms with van der Waals surface area (Å²) in [5.41, 5.74) is 0.785. The molecule has 1 aromatic carbocycles. The van der Waals surface area contributed by atoms with Crippen LogP contribution >= 0.6 is 0 Å². The molecule has 0 radical (unpaired) electrons. The largest absolute Gasteiger partial charge is 0.493 e. The molecule has 0 aliphatic heterocycles. The highest BCUT2D eigenvalue weighted by Crippen LogP contribution is 2.39. The van der Waals surface area contributed by atoms with Crippen LogP contribution < -0.4 is 19.5 Å². The van der Waals surface area contributed by atoms with Gasteiger partial charge in [0.05, 0.1) is 27.2 Å². The minimum Gasteiger partial charge on any atom is -0.493 e. The fourth-order valence-electron chi connectivity index (χ4n) is 3.23. The predicted molar refractivity (Wildman–Crippen MR) is 91.0 cm³/mol. The molecule has 0 spiro atoms. The maximum atomic E-state index is 12.4. The highest BCUT2D eigenvalue weighted by Gasteiger charge is 2.29. The summed E-state index contributed by atoms with van der Waals surface area (Å²) in [7, 11) is 4.62. The van der Waals surface area contributed by atoms with Crippen LogP contribution in [0.1, 0.15) is 31.2 Å². The molecule has 1 fully saturated rings. The van der Waals surface area contributed by atoms with Crippen molar-refractivity contribution in [2.45, 2.75) is 32.2 Å². The van der Waals surface area contributed by atoms with Crippen molar-refractivity contribution in [3.05, 3.63) is 17.7 Å². The molecule has 0 atom stereocenters. The Kier molecular flexibility index (Phi) is 6.50. The van der Waals surface area contributed by atoms with E-state index in [4.69, 9.17) is 19.3 Å².